The summed E-state index contributed by atoms with van der Waals surface area (Å²) >= 11 is 0. The fourth-order valence-corrected chi connectivity index (χ4v) is 2.56. The summed E-state index contributed by atoms with van der Waals surface area (Å²) in [5.74, 6) is -1.76. The molecular weight excluding hydrogens is 283 g/mol. The summed E-state index contributed by atoms with van der Waals surface area (Å²) < 4.78 is 38.4. The second kappa shape index (κ2) is 5.35. The van der Waals surface area contributed by atoms with Crippen LogP contribution in [0, 0.1) is 0 Å². The van der Waals surface area contributed by atoms with Crippen LogP contribution in [0.15, 0.2) is 40.5 Å². The minimum absolute atomic E-state index is 0.0555. The molecule has 1 aliphatic heterocycles. The maximum atomic E-state index is 12.8. The zero-order chi connectivity index (χ0) is 15.8. The SMILES string of the molecule is CC1=NC(C)=C(C(=O)O)C(c2cccc(C(F)(F)F)c2)C1. The quantitative estimate of drug-likeness (QED) is 0.896. The van der Waals surface area contributed by atoms with Gasteiger partial charge < -0.3 is 5.11 Å². The number of nitrogens with zero attached hydrogens (tertiary/aromatic N) is 1. The summed E-state index contributed by atoms with van der Waals surface area (Å²) in [4.78, 5) is 15.5. The van der Waals surface area contributed by atoms with Crippen molar-refractivity contribution in [2.75, 3.05) is 0 Å². The Morgan fingerprint density at radius 1 is 1.33 bits per heavy atom. The van der Waals surface area contributed by atoms with Gasteiger partial charge in [-0.15, -0.1) is 0 Å². The number of halogens is 3. The van der Waals surface area contributed by atoms with Crippen LogP contribution in [0.25, 0.3) is 0 Å². The van der Waals surface area contributed by atoms with Gasteiger partial charge in [-0.05, 0) is 31.9 Å². The monoisotopic (exact) mass is 297 g/mol. The van der Waals surface area contributed by atoms with Crippen molar-refractivity contribution in [2.24, 2.45) is 4.99 Å². The summed E-state index contributed by atoms with van der Waals surface area (Å²) in [5, 5.41) is 9.31. The van der Waals surface area contributed by atoms with Gasteiger partial charge in [0.05, 0.1) is 11.1 Å². The summed E-state index contributed by atoms with van der Waals surface area (Å²) in [6, 6.07) is 4.81. The van der Waals surface area contributed by atoms with Gasteiger partial charge in [-0.1, -0.05) is 18.2 Å². The molecule has 21 heavy (non-hydrogen) atoms. The van der Waals surface area contributed by atoms with E-state index >= 15 is 0 Å². The van der Waals surface area contributed by atoms with Gasteiger partial charge in [-0.25, -0.2) is 4.79 Å². The number of hydrogen-bond acceptors (Lipinski definition) is 2. The standard InChI is InChI=1S/C15H14F3NO2/c1-8-6-12(13(14(20)21)9(2)19-8)10-4-3-5-11(7-10)15(16,17)18/h3-5,7,12H,6H2,1-2H3,(H,20,21). The molecule has 0 radical (unpaired) electrons. The van der Waals surface area contributed by atoms with Crippen molar-refractivity contribution in [2.45, 2.75) is 32.4 Å². The van der Waals surface area contributed by atoms with Gasteiger partial charge in [0.25, 0.3) is 0 Å². The lowest BCUT2D eigenvalue weighted by atomic mass is 9.83. The number of carboxylic acid groups (broad SMARTS) is 1. The number of carboxylic acids is 1. The van der Waals surface area contributed by atoms with Crippen molar-refractivity contribution in [3.8, 4) is 0 Å². The minimum atomic E-state index is -4.45. The largest absolute Gasteiger partial charge is 0.478 e. The molecule has 0 bridgehead atoms. The normalized spacial score (nSPS) is 19.5. The van der Waals surface area contributed by atoms with Crippen LogP contribution >= 0.6 is 0 Å². The number of benzene rings is 1. The molecule has 1 heterocycles. The fraction of sp³-hybridized carbons (Fsp3) is 0.333. The Morgan fingerprint density at radius 2 is 2.00 bits per heavy atom. The highest BCUT2D eigenvalue weighted by Crippen LogP contribution is 2.37. The van der Waals surface area contributed by atoms with Crippen LogP contribution in [-0.2, 0) is 11.0 Å². The molecule has 0 spiro atoms. The third kappa shape index (κ3) is 3.15. The van der Waals surface area contributed by atoms with Crippen LogP contribution < -0.4 is 0 Å². The number of carbonyl (C=O) groups is 1. The first-order chi connectivity index (χ1) is 9.70. The predicted octanol–water partition coefficient (Wildman–Crippen LogP) is 4.01. The van der Waals surface area contributed by atoms with E-state index in [4.69, 9.17) is 0 Å². The molecule has 112 valence electrons. The van der Waals surface area contributed by atoms with E-state index in [1.165, 1.54) is 12.1 Å². The number of rotatable bonds is 2. The van der Waals surface area contributed by atoms with Crippen molar-refractivity contribution in [3.63, 3.8) is 0 Å². The van der Waals surface area contributed by atoms with E-state index in [9.17, 15) is 23.1 Å². The second-order valence-corrected chi connectivity index (χ2v) is 5.03. The zero-order valence-electron chi connectivity index (χ0n) is 11.5. The van der Waals surface area contributed by atoms with Crippen LogP contribution in [0.4, 0.5) is 13.2 Å². The van der Waals surface area contributed by atoms with Crippen LogP contribution in [0.5, 0.6) is 0 Å². The van der Waals surface area contributed by atoms with Crippen molar-refractivity contribution >= 4 is 11.7 Å². The molecule has 1 aromatic carbocycles. The number of aliphatic imine (C=N–C) groups is 1. The highest BCUT2D eigenvalue weighted by molar-refractivity contribution is 5.95. The number of alkyl halides is 3. The number of aliphatic carboxylic acids is 1. The zero-order valence-corrected chi connectivity index (χ0v) is 11.5. The van der Waals surface area contributed by atoms with Crippen LogP contribution in [0.3, 0.4) is 0 Å². The Balaban J connectivity index is 2.51. The first kappa shape index (κ1) is 15.3. The molecule has 1 aliphatic rings. The minimum Gasteiger partial charge on any atom is -0.478 e. The molecule has 6 heteroatoms. The van der Waals surface area contributed by atoms with E-state index in [-0.39, 0.29) is 5.57 Å². The molecule has 0 aliphatic carbocycles. The molecule has 1 N–H and O–H groups in total. The van der Waals surface area contributed by atoms with E-state index in [1.807, 2.05) is 0 Å². The molecular formula is C15H14F3NO2. The van der Waals surface area contributed by atoms with E-state index in [2.05, 4.69) is 4.99 Å². The fourth-order valence-electron chi connectivity index (χ4n) is 2.56. The van der Waals surface area contributed by atoms with Crippen LogP contribution in [0.1, 0.15) is 37.3 Å². The third-order valence-corrected chi connectivity index (χ3v) is 3.44. The second-order valence-electron chi connectivity index (χ2n) is 5.03. The molecule has 1 aromatic rings. The first-order valence-corrected chi connectivity index (χ1v) is 6.35. The maximum absolute atomic E-state index is 12.8. The molecule has 0 aromatic heterocycles. The van der Waals surface area contributed by atoms with E-state index in [1.54, 1.807) is 13.8 Å². The Hall–Kier alpha value is -2.11. The molecule has 0 fully saturated rings. The van der Waals surface area contributed by atoms with E-state index in [0.717, 1.165) is 12.1 Å². The van der Waals surface area contributed by atoms with Crippen molar-refractivity contribution in [1.82, 2.24) is 0 Å². The van der Waals surface area contributed by atoms with Gasteiger partial charge in [0.1, 0.15) is 0 Å². The van der Waals surface area contributed by atoms with Gasteiger partial charge >= 0.3 is 12.1 Å². The lowest BCUT2D eigenvalue weighted by Crippen LogP contribution is -2.20. The van der Waals surface area contributed by atoms with Gasteiger partial charge in [0.15, 0.2) is 0 Å². The summed E-state index contributed by atoms with van der Waals surface area (Å²) in [6.07, 6.45) is -4.14. The van der Waals surface area contributed by atoms with E-state index < -0.39 is 23.6 Å². The van der Waals surface area contributed by atoms with Gasteiger partial charge in [-0.3, -0.25) is 4.99 Å². The Labute approximate surface area is 119 Å². The average Bonchev–Trinajstić information content (AvgIpc) is 2.36. The Kier molecular flexibility index (Phi) is 3.89. The lowest BCUT2D eigenvalue weighted by Gasteiger charge is -2.24. The molecule has 0 amide bonds. The molecule has 3 nitrogen and oxygen atoms in total. The summed E-state index contributed by atoms with van der Waals surface area (Å²) in [6.45, 7) is 3.30. The first-order valence-electron chi connectivity index (χ1n) is 6.35. The highest BCUT2D eigenvalue weighted by atomic mass is 19.4. The van der Waals surface area contributed by atoms with Crippen molar-refractivity contribution in [1.29, 1.82) is 0 Å². The van der Waals surface area contributed by atoms with E-state index in [0.29, 0.717) is 23.4 Å². The molecule has 0 saturated carbocycles. The van der Waals surface area contributed by atoms with Gasteiger partial charge in [0, 0.05) is 17.3 Å². The number of allylic oxidation sites excluding steroid dienone is 1. The molecule has 0 saturated heterocycles. The predicted molar refractivity (Wildman–Crippen MR) is 72.2 cm³/mol. The lowest BCUT2D eigenvalue weighted by molar-refractivity contribution is -0.137. The maximum Gasteiger partial charge on any atom is 0.416 e. The molecule has 1 atom stereocenters. The Bertz CT molecular complexity index is 645. The number of hydrogen-bond donors (Lipinski definition) is 1. The summed E-state index contributed by atoms with van der Waals surface area (Å²) in [7, 11) is 0. The van der Waals surface area contributed by atoms with Crippen LogP contribution in [-0.4, -0.2) is 16.8 Å². The Morgan fingerprint density at radius 3 is 2.57 bits per heavy atom. The smallest absolute Gasteiger partial charge is 0.416 e. The van der Waals surface area contributed by atoms with Gasteiger partial charge in [-0.2, -0.15) is 13.2 Å². The molecule has 2 rings (SSSR count). The van der Waals surface area contributed by atoms with Gasteiger partial charge in [0.2, 0.25) is 0 Å². The van der Waals surface area contributed by atoms with Crippen LogP contribution in [0.2, 0.25) is 0 Å². The average molecular weight is 297 g/mol. The van der Waals surface area contributed by atoms with Crippen molar-refractivity contribution < 1.29 is 23.1 Å². The third-order valence-electron chi connectivity index (χ3n) is 3.44. The topological polar surface area (TPSA) is 49.7 Å². The molecule has 1 unspecified atom stereocenters. The summed E-state index contributed by atoms with van der Waals surface area (Å²) in [5.41, 5.74) is 0.673. The highest BCUT2D eigenvalue weighted by Gasteiger charge is 2.33. The van der Waals surface area contributed by atoms with Crippen molar-refractivity contribution in [3.05, 3.63) is 46.7 Å².